The average molecular weight is 297 g/mol. The average Bonchev–Trinajstić information content (AvgIpc) is 2.96. The lowest BCUT2D eigenvalue weighted by molar-refractivity contribution is -0.144. The Morgan fingerprint density at radius 3 is 2.29 bits per heavy atom. The zero-order valence-electron chi connectivity index (χ0n) is 13.3. The van der Waals surface area contributed by atoms with Gasteiger partial charge in [0, 0.05) is 19.1 Å². The van der Waals surface area contributed by atoms with Crippen LogP contribution in [0.5, 0.6) is 0 Å². The summed E-state index contributed by atoms with van der Waals surface area (Å²) in [5.41, 5.74) is -0.538. The molecule has 120 valence electrons. The molecule has 0 saturated carbocycles. The number of nitrogens with zero attached hydrogens (tertiary/aromatic N) is 2. The van der Waals surface area contributed by atoms with Gasteiger partial charge in [-0.3, -0.25) is 14.5 Å². The lowest BCUT2D eigenvalue weighted by atomic mass is 9.98. The highest BCUT2D eigenvalue weighted by Crippen LogP contribution is 2.26. The van der Waals surface area contributed by atoms with E-state index in [4.69, 9.17) is 0 Å². The number of rotatable bonds is 4. The molecule has 2 fully saturated rings. The molecule has 2 N–H and O–H groups in total. The first-order valence-electron chi connectivity index (χ1n) is 7.83. The number of likely N-dealkylation sites (N-methyl/N-ethyl adjacent to an activating group) is 1. The summed E-state index contributed by atoms with van der Waals surface area (Å²) in [6.45, 7) is 6.09. The minimum atomic E-state index is -0.706. The maximum atomic E-state index is 12.4. The Hall–Kier alpha value is -1.14. The van der Waals surface area contributed by atoms with Crippen molar-refractivity contribution in [1.82, 2.24) is 15.1 Å². The second kappa shape index (κ2) is 6.32. The van der Waals surface area contributed by atoms with Gasteiger partial charge in [0.25, 0.3) is 0 Å². The highest BCUT2D eigenvalue weighted by Gasteiger charge is 2.38. The van der Waals surface area contributed by atoms with Crippen molar-refractivity contribution in [2.45, 2.75) is 57.2 Å². The van der Waals surface area contributed by atoms with Crippen molar-refractivity contribution in [2.24, 2.45) is 0 Å². The first-order chi connectivity index (χ1) is 9.86. The van der Waals surface area contributed by atoms with Gasteiger partial charge in [-0.2, -0.15) is 0 Å². The van der Waals surface area contributed by atoms with E-state index < -0.39 is 11.5 Å². The number of carbonyl (C=O) groups is 2. The molecule has 2 rings (SSSR count). The van der Waals surface area contributed by atoms with Gasteiger partial charge in [-0.05, 0) is 53.1 Å². The largest absolute Gasteiger partial charge is 0.480 e. The van der Waals surface area contributed by atoms with Gasteiger partial charge in [-0.1, -0.05) is 0 Å². The quantitative estimate of drug-likeness (QED) is 0.792. The van der Waals surface area contributed by atoms with Crippen molar-refractivity contribution in [2.75, 3.05) is 26.7 Å². The minimum Gasteiger partial charge on any atom is -0.480 e. The molecule has 2 aliphatic heterocycles. The second-order valence-corrected chi connectivity index (χ2v) is 6.63. The zero-order chi connectivity index (χ0) is 15.6. The number of hydrogen-bond donors (Lipinski definition) is 2. The molecule has 0 aromatic rings. The molecule has 2 aliphatic rings. The SMILES string of the molecule is CNC(C)(C)C(=O)N1CCC(N2CCCC2C(=O)O)CC1. The van der Waals surface area contributed by atoms with Crippen molar-refractivity contribution in [1.29, 1.82) is 0 Å². The van der Waals surface area contributed by atoms with Crippen molar-refractivity contribution in [3.05, 3.63) is 0 Å². The summed E-state index contributed by atoms with van der Waals surface area (Å²) in [6, 6.07) is -0.0265. The third-order valence-electron chi connectivity index (χ3n) is 4.96. The smallest absolute Gasteiger partial charge is 0.320 e. The number of likely N-dealkylation sites (tertiary alicyclic amines) is 2. The summed E-state index contributed by atoms with van der Waals surface area (Å²) in [5.74, 6) is -0.582. The number of aliphatic carboxylic acids is 1. The predicted molar refractivity (Wildman–Crippen MR) is 80.1 cm³/mol. The molecule has 0 aromatic heterocycles. The van der Waals surface area contributed by atoms with Crippen LogP contribution in [0.1, 0.15) is 39.5 Å². The van der Waals surface area contributed by atoms with E-state index in [1.807, 2.05) is 18.7 Å². The van der Waals surface area contributed by atoms with Crippen LogP contribution in [0.4, 0.5) is 0 Å². The molecule has 1 atom stereocenters. The standard InChI is InChI=1S/C15H27N3O3/c1-15(2,16-3)14(21)17-9-6-11(7-10-17)18-8-4-5-12(18)13(19)20/h11-12,16H,4-10H2,1-3H3,(H,19,20). The Morgan fingerprint density at radius 2 is 1.76 bits per heavy atom. The van der Waals surface area contributed by atoms with Crippen LogP contribution in [-0.4, -0.2) is 71.1 Å². The fourth-order valence-electron chi connectivity index (χ4n) is 3.39. The summed E-state index contributed by atoms with van der Waals surface area (Å²) in [4.78, 5) is 27.7. The van der Waals surface area contributed by atoms with E-state index in [2.05, 4.69) is 10.2 Å². The molecule has 0 aromatic carbocycles. The lowest BCUT2D eigenvalue weighted by Crippen LogP contribution is -2.56. The van der Waals surface area contributed by atoms with Crippen LogP contribution in [0.25, 0.3) is 0 Å². The summed E-state index contributed by atoms with van der Waals surface area (Å²) in [6.07, 6.45) is 3.45. The normalized spacial score (nSPS) is 25.3. The van der Waals surface area contributed by atoms with Gasteiger partial charge < -0.3 is 15.3 Å². The Balaban J connectivity index is 1.92. The molecule has 6 heteroatoms. The maximum Gasteiger partial charge on any atom is 0.320 e. The van der Waals surface area contributed by atoms with Gasteiger partial charge in [-0.15, -0.1) is 0 Å². The van der Waals surface area contributed by atoms with E-state index in [9.17, 15) is 14.7 Å². The molecule has 0 radical (unpaired) electrons. The number of piperidine rings is 1. The van der Waals surface area contributed by atoms with Gasteiger partial charge in [0.1, 0.15) is 6.04 Å². The Bertz CT molecular complexity index is 403. The number of carbonyl (C=O) groups excluding carboxylic acids is 1. The van der Waals surface area contributed by atoms with E-state index >= 15 is 0 Å². The highest BCUT2D eigenvalue weighted by molar-refractivity contribution is 5.85. The van der Waals surface area contributed by atoms with Gasteiger partial charge in [0.15, 0.2) is 0 Å². The van der Waals surface area contributed by atoms with Crippen molar-refractivity contribution in [3.8, 4) is 0 Å². The monoisotopic (exact) mass is 297 g/mol. The molecule has 2 saturated heterocycles. The van der Waals surface area contributed by atoms with Crippen LogP contribution in [0.15, 0.2) is 0 Å². The fourth-order valence-corrected chi connectivity index (χ4v) is 3.39. The van der Waals surface area contributed by atoms with E-state index in [1.165, 1.54) is 0 Å². The van der Waals surface area contributed by atoms with Gasteiger partial charge in [0.05, 0.1) is 5.54 Å². The summed E-state index contributed by atoms with van der Waals surface area (Å²) in [7, 11) is 1.80. The third kappa shape index (κ3) is 3.37. The van der Waals surface area contributed by atoms with E-state index in [-0.39, 0.29) is 11.9 Å². The number of hydrogen-bond acceptors (Lipinski definition) is 4. The Morgan fingerprint density at radius 1 is 1.14 bits per heavy atom. The lowest BCUT2D eigenvalue weighted by Gasteiger charge is -2.40. The molecular formula is C15H27N3O3. The van der Waals surface area contributed by atoms with E-state index in [1.54, 1.807) is 7.05 Å². The molecule has 0 bridgehead atoms. The molecule has 0 spiro atoms. The van der Waals surface area contributed by atoms with Crippen LogP contribution in [0.3, 0.4) is 0 Å². The zero-order valence-corrected chi connectivity index (χ0v) is 13.3. The van der Waals surface area contributed by atoms with Crippen LogP contribution >= 0.6 is 0 Å². The van der Waals surface area contributed by atoms with Crippen LogP contribution in [-0.2, 0) is 9.59 Å². The number of nitrogens with one attached hydrogen (secondary N) is 1. The first kappa shape index (κ1) is 16.2. The molecule has 1 amide bonds. The predicted octanol–water partition coefficient (Wildman–Crippen LogP) is 0.524. The van der Waals surface area contributed by atoms with Gasteiger partial charge in [-0.25, -0.2) is 0 Å². The summed E-state index contributed by atoms with van der Waals surface area (Å²) >= 11 is 0. The molecule has 2 heterocycles. The highest BCUT2D eigenvalue weighted by atomic mass is 16.4. The minimum absolute atomic E-state index is 0.125. The molecule has 0 aliphatic carbocycles. The molecule has 1 unspecified atom stereocenters. The molecule has 21 heavy (non-hydrogen) atoms. The maximum absolute atomic E-state index is 12.4. The fraction of sp³-hybridized carbons (Fsp3) is 0.867. The van der Waals surface area contributed by atoms with Gasteiger partial charge in [0.2, 0.25) is 5.91 Å². The number of carboxylic acids is 1. The van der Waals surface area contributed by atoms with Crippen LogP contribution in [0, 0.1) is 0 Å². The third-order valence-corrected chi connectivity index (χ3v) is 4.96. The summed E-state index contributed by atoms with van der Waals surface area (Å²) in [5, 5.41) is 12.3. The van der Waals surface area contributed by atoms with Gasteiger partial charge >= 0.3 is 5.97 Å². The van der Waals surface area contributed by atoms with Crippen molar-refractivity contribution in [3.63, 3.8) is 0 Å². The summed E-state index contributed by atoms with van der Waals surface area (Å²) < 4.78 is 0. The Labute approximate surface area is 126 Å². The van der Waals surface area contributed by atoms with Crippen LogP contribution in [0.2, 0.25) is 0 Å². The number of amides is 1. The van der Waals surface area contributed by atoms with Crippen molar-refractivity contribution < 1.29 is 14.7 Å². The first-order valence-corrected chi connectivity index (χ1v) is 7.83. The molecule has 6 nitrogen and oxygen atoms in total. The number of carboxylic acid groups (broad SMARTS) is 1. The second-order valence-electron chi connectivity index (χ2n) is 6.63. The topological polar surface area (TPSA) is 72.9 Å². The Kier molecular flexibility index (Phi) is 4.88. The van der Waals surface area contributed by atoms with Crippen molar-refractivity contribution >= 4 is 11.9 Å². The molecular weight excluding hydrogens is 270 g/mol. The van der Waals surface area contributed by atoms with E-state index in [0.717, 1.165) is 45.3 Å². The van der Waals surface area contributed by atoms with Crippen LogP contribution < -0.4 is 5.32 Å². The van der Waals surface area contributed by atoms with E-state index in [0.29, 0.717) is 6.04 Å².